The van der Waals surface area contributed by atoms with Gasteiger partial charge in [-0.2, -0.15) is 0 Å². The molecule has 1 aromatic carbocycles. The second kappa shape index (κ2) is 9.08. The van der Waals surface area contributed by atoms with Gasteiger partial charge in [-0.05, 0) is 70.7 Å². The molecule has 5 rings (SSSR count). The standard InChI is InChI=1S/C28H31N3O8/c1-30(2)11-12-7-8-39-24(12)14-5-6-17(32)19-15(14)9-13-10-16-21(31(3)4)23(34)20(27(29)37)26(36)28(16,38)25(35)18(13)22(19)33/h5-8,13,16,21,32-33,36,38H,9-11H2,1-4H3,(H2,29,37)/t13?,16?,21-,28-/m0/s1. The normalized spacial score (nSPS) is 26.7. The number of aliphatic hydroxyl groups excluding tert-OH is 2. The molecular weight excluding hydrogens is 506 g/mol. The van der Waals surface area contributed by atoms with Crippen molar-refractivity contribution < 1.29 is 39.2 Å². The number of amides is 1. The number of likely N-dealkylation sites (N-methyl/N-ethyl adjacent to an activating group) is 1. The molecule has 11 nitrogen and oxygen atoms in total. The lowest BCUT2D eigenvalue weighted by molar-refractivity contribution is -0.153. The van der Waals surface area contributed by atoms with Crippen LogP contribution >= 0.6 is 0 Å². The average molecular weight is 538 g/mol. The predicted octanol–water partition coefficient (Wildman–Crippen LogP) is 1.29. The minimum Gasteiger partial charge on any atom is -0.508 e. The van der Waals surface area contributed by atoms with Crippen LogP contribution in [0.2, 0.25) is 0 Å². The summed E-state index contributed by atoms with van der Waals surface area (Å²) in [5.74, 6) is -6.27. The smallest absolute Gasteiger partial charge is 0.255 e. The van der Waals surface area contributed by atoms with Gasteiger partial charge in [0.15, 0.2) is 11.4 Å². The Morgan fingerprint density at radius 2 is 1.82 bits per heavy atom. The second-order valence-electron chi connectivity index (χ2n) is 11.0. The number of benzene rings is 1. The molecule has 0 aliphatic heterocycles. The topological polar surface area (TPSA) is 178 Å². The molecule has 0 spiro atoms. The van der Waals surface area contributed by atoms with Gasteiger partial charge >= 0.3 is 0 Å². The molecule has 39 heavy (non-hydrogen) atoms. The minimum atomic E-state index is -2.67. The molecule has 0 bridgehead atoms. The zero-order chi connectivity index (χ0) is 28.5. The van der Waals surface area contributed by atoms with Crippen molar-refractivity contribution >= 4 is 23.2 Å². The van der Waals surface area contributed by atoms with Gasteiger partial charge in [0.05, 0.1) is 17.9 Å². The Kier molecular flexibility index (Phi) is 6.21. The first-order valence-electron chi connectivity index (χ1n) is 12.5. The van der Waals surface area contributed by atoms with Crippen LogP contribution in [0.3, 0.4) is 0 Å². The van der Waals surface area contributed by atoms with E-state index in [4.69, 9.17) is 10.2 Å². The molecule has 3 aliphatic rings. The van der Waals surface area contributed by atoms with Crippen molar-refractivity contribution in [3.8, 4) is 17.1 Å². The van der Waals surface area contributed by atoms with E-state index in [1.807, 2.05) is 25.1 Å². The van der Waals surface area contributed by atoms with Crippen molar-refractivity contribution in [1.82, 2.24) is 9.80 Å². The van der Waals surface area contributed by atoms with E-state index in [1.54, 1.807) is 26.4 Å². The first-order chi connectivity index (χ1) is 18.3. The third-order valence-corrected chi connectivity index (χ3v) is 8.08. The number of hydrogen-bond acceptors (Lipinski definition) is 10. The summed E-state index contributed by atoms with van der Waals surface area (Å²) in [6, 6.07) is 3.78. The van der Waals surface area contributed by atoms with Crippen molar-refractivity contribution in [3.63, 3.8) is 0 Å². The third kappa shape index (κ3) is 3.72. The molecule has 4 atom stereocenters. The van der Waals surface area contributed by atoms with E-state index in [1.165, 1.54) is 11.0 Å². The Labute approximate surface area is 224 Å². The lowest BCUT2D eigenvalue weighted by atomic mass is 9.57. The monoisotopic (exact) mass is 537 g/mol. The van der Waals surface area contributed by atoms with E-state index in [-0.39, 0.29) is 29.7 Å². The quantitative estimate of drug-likeness (QED) is 0.349. The highest BCUT2D eigenvalue weighted by Crippen LogP contribution is 2.53. The number of aromatic hydroxyl groups is 1. The van der Waals surface area contributed by atoms with Crippen molar-refractivity contribution in [1.29, 1.82) is 0 Å². The number of nitrogens with zero attached hydrogens (tertiary/aromatic N) is 2. The van der Waals surface area contributed by atoms with Crippen LogP contribution < -0.4 is 5.73 Å². The van der Waals surface area contributed by atoms with Crippen LogP contribution in [0.15, 0.2) is 45.8 Å². The summed E-state index contributed by atoms with van der Waals surface area (Å²) in [6.45, 7) is 0.575. The van der Waals surface area contributed by atoms with Crippen molar-refractivity contribution in [2.24, 2.45) is 17.6 Å². The minimum absolute atomic E-state index is 0.0174. The van der Waals surface area contributed by atoms with Crippen molar-refractivity contribution in [3.05, 3.63) is 58.1 Å². The molecule has 6 N–H and O–H groups in total. The highest BCUT2D eigenvalue weighted by Gasteiger charge is 2.64. The summed E-state index contributed by atoms with van der Waals surface area (Å²) in [5.41, 5.74) is 3.75. The van der Waals surface area contributed by atoms with Crippen molar-refractivity contribution in [2.45, 2.75) is 31.0 Å². The molecule has 1 fully saturated rings. The Bertz CT molecular complexity index is 1480. The number of carbonyl (C=O) groups is 3. The zero-order valence-corrected chi connectivity index (χ0v) is 22.1. The molecule has 1 heterocycles. The van der Waals surface area contributed by atoms with Gasteiger partial charge in [0.2, 0.25) is 5.78 Å². The molecule has 2 unspecified atom stereocenters. The number of nitrogens with two attached hydrogens (primary N) is 1. The number of Topliss-reactive ketones (excluding diaryl/α,β-unsaturated/α-hetero) is 2. The van der Waals surface area contributed by atoms with Crippen LogP contribution in [-0.2, 0) is 27.3 Å². The Morgan fingerprint density at radius 1 is 1.13 bits per heavy atom. The fourth-order valence-electron chi connectivity index (χ4n) is 6.49. The number of aliphatic hydroxyl groups is 3. The van der Waals surface area contributed by atoms with E-state index >= 15 is 0 Å². The van der Waals surface area contributed by atoms with Crippen LogP contribution in [0, 0.1) is 11.8 Å². The molecule has 1 saturated carbocycles. The maximum absolute atomic E-state index is 13.9. The highest BCUT2D eigenvalue weighted by atomic mass is 16.3. The maximum atomic E-state index is 13.9. The number of hydrogen-bond donors (Lipinski definition) is 5. The number of carbonyl (C=O) groups excluding carboxylic acids is 3. The van der Waals surface area contributed by atoms with Crippen LogP contribution in [0.5, 0.6) is 5.75 Å². The Balaban J connectivity index is 1.72. The summed E-state index contributed by atoms with van der Waals surface area (Å²) in [6.07, 6.45) is 1.76. The SMILES string of the molecule is CN(C)Cc1ccoc1-c1ccc(O)c2c1CC1CC3[C@H](N(C)C)C(=O)C(C(N)=O)=C(O)[C@@]3(O)C(=O)C1=C2O. The van der Waals surface area contributed by atoms with E-state index in [2.05, 4.69) is 0 Å². The van der Waals surface area contributed by atoms with E-state index in [9.17, 15) is 34.8 Å². The van der Waals surface area contributed by atoms with Crippen LogP contribution in [0.25, 0.3) is 17.1 Å². The van der Waals surface area contributed by atoms with Crippen LogP contribution in [0.4, 0.5) is 0 Å². The van der Waals surface area contributed by atoms with Gasteiger partial charge in [-0.25, -0.2) is 0 Å². The molecule has 1 amide bonds. The maximum Gasteiger partial charge on any atom is 0.255 e. The summed E-state index contributed by atoms with van der Waals surface area (Å²) in [5, 5.41) is 44.8. The third-order valence-electron chi connectivity index (χ3n) is 8.08. The molecule has 0 saturated heterocycles. The fourth-order valence-corrected chi connectivity index (χ4v) is 6.49. The van der Waals surface area contributed by atoms with Gasteiger partial charge in [-0.1, -0.05) is 0 Å². The Hall–Kier alpha value is -3.93. The summed E-state index contributed by atoms with van der Waals surface area (Å²) >= 11 is 0. The number of phenols is 1. The number of primary amides is 1. The highest BCUT2D eigenvalue weighted by molar-refractivity contribution is 6.24. The average Bonchev–Trinajstić information content (AvgIpc) is 3.28. The largest absolute Gasteiger partial charge is 0.508 e. The molecular formula is C28H31N3O8. The molecule has 206 valence electrons. The first-order valence-corrected chi connectivity index (χ1v) is 12.5. The summed E-state index contributed by atoms with van der Waals surface area (Å²) in [4.78, 5) is 42.7. The summed E-state index contributed by atoms with van der Waals surface area (Å²) < 4.78 is 5.82. The molecule has 11 heteroatoms. The lowest BCUT2D eigenvalue weighted by Crippen LogP contribution is -2.65. The number of rotatable bonds is 5. The Morgan fingerprint density at radius 3 is 2.44 bits per heavy atom. The zero-order valence-electron chi connectivity index (χ0n) is 22.1. The number of furan rings is 1. The van der Waals surface area contributed by atoms with Crippen LogP contribution in [-0.4, -0.2) is 87.5 Å². The van der Waals surface area contributed by atoms with Gasteiger partial charge < -0.3 is 35.5 Å². The lowest BCUT2D eigenvalue weighted by Gasteiger charge is -2.50. The number of phenolic OH excluding ortho intramolecular Hbond substituents is 1. The number of ketones is 2. The number of fused-ring (bicyclic) bond motifs is 3. The van der Waals surface area contributed by atoms with Crippen LogP contribution in [0.1, 0.15) is 23.1 Å². The van der Waals surface area contributed by atoms with Gasteiger partial charge in [0.25, 0.3) is 5.91 Å². The first kappa shape index (κ1) is 26.7. The molecule has 2 aromatic rings. The van der Waals surface area contributed by atoms with Crippen molar-refractivity contribution in [2.75, 3.05) is 28.2 Å². The van der Waals surface area contributed by atoms with Gasteiger partial charge in [-0.15, -0.1) is 0 Å². The second-order valence-corrected chi connectivity index (χ2v) is 11.0. The molecule has 0 radical (unpaired) electrons. The molecule has 1 aromatic heterocycles. The van der Waals surface area contributed by atoms with Gasteiger partial charge in [0, 0.05) is 29.2 Å². The van der Waals surface area contributed by atoms with E-state index < -0.39 is 58.0 Å². The van der Waals surface area contributed by atoms with E-state index in [0.717, 1.165) is 5.56 Å². The fraction of sp³-hybridized carbons (Fsp3) is 0.393. The summed E-state index contributed by atoms with van der Waals surface area (Å²) in [7, 11) is 6.96. The van der Waals surface area contributed by atoms with Gasteiger partial charge in [-0.3, -0.25) is 19.3 Å². The van der Waals surface area contributed by atoms with E-state index in [0.29, 0.717) is 23.4 Å². The predicted molar refractivity (Wildman–Crippen MR) is 139 cm³/mol. The molecule has 3 aliphatic carbocycles. The van der Waals surface area contributed by atoms with Gasteiger partial charge in [0.1, 0.15) is 28.6 Å².